The minimum absolute atomic E-state index is 0.0383. The van der Waals surface area contributed by atoms with E-state index >= 15 is 0 Å². The first-order valence-electron chi connectivity index (χ1n) is 7.09. The molecule has 7 heteroatoms. The second-order valence-corrected chi connectivity index (χ2v) is 6.91. The molecule has 0 unspecified atom stereocenters. The summed E-state index contributed by atoms with van der Waals surface area (Å²) < 4.78 is 39.8. The van der Waals surface area contributed by atoms with Gasteiger partial charge >= 0.3 is 0 Å². The van der Waals surface area contributed by atoms with E-state index in [1.807, 2.05) is 0 Å². The fraction of sp³-hybridized carbons (Fsp3) is 0.400. The van der Waals surface area contributed by atoms with Gasteiger partial charge in [-0.15, -0.1) is 0 Å². The highest BCUT2D eigenvalue weighted by Gasteiger charge is 2.23. The van der Waals surface area contributed by atoms with E-state index < -0.39 is 10.0 Å². The lowest BCUT2D eigenvalue weighted by Crippen LogP contribution is -2.35. The van der Waals surface area contributed by atoms with Crippen LogP contribution in [0.5, 0.6) is 0 Å². The van der Waals surface area contributed by atoms with Crippen molar-refractivity contribution in [2.75, 3.05) is 19.6 Å². The van der Waals surface area contributed by atoms with Gasteiger partial charge in [-0.05, 0) is 37.1 Å². The van der Waals surface area contributed by atoms with E-state index in [4.69, 9.17) is 0 Å². The molecule has 5 nitrogen and oxygen atoms in total. The number of halogens is 1. The lowest BCUT2D eigenvalue weighted by atomic mass is 10.1. The number of hydrogen-bond acceptors (Lipinski definition) is 3. The van der Waals surface area contributed by atoms with E-state index in [1.54, 1.807) is 19.9 Å². The zero-order valence-corrected chi connectivity index (χ0v) is 13.4. The van der Waals surface area contributed by atoms with Crippen molar-refractivity contribution in [1.82, 2.24) is 9.62 Å². The zero-order valence-electron chi connectivity index (χ0n) is 12.6. The number of nitrogens with zero attached hydrogens (tertiary/aromatic N) is 1. The number of carbonyl (C=O) groups is 1. The predicted molar refractivity (Wildman–Crippen MR) is 81.8 cm³/mol. The van der Waals surface area contributed by atoms with Gasteiger partial charge in [0.05, 0.1) is 11.4 Å². The van der Waals surface area contributed by atoms with Gasteiger partial charge in [-0.1, -0.05) is 13.0 Å². The Morgan fingerprint density at radius 2 is 2.14 bits per heavy atom. The summed E-state index contributed by atoms with van der Waals surface area (Å²) in [4.78, 5) is 13.9. The molecule has 22 heavy (non-hydrogen) atoms. The Kier molecular flexibility index (Phi) is 4.97. The maximum Gasteiger partial charge on any atom is 0.254 e. The number of hydrogen-bond donors (Lipinski definition) is 1. The molecule has 0 spiro atoms. The maximum atomic E-state index is 13.3. The number of amides is 1. The summed E-state index contributed by atoms with van der Waals surface area (Å²) in [7, 11) is -3.63. The molecule has 120 valence electrons. The molecule has 0 aliphatic carbocycles. The van der Waals surface area contributed by atoms with Crippen LogP contribution in [0.1, 0.15) is 29.3 Å². The SMILES string of the molecule is CCNS(=O)(=O)c1ccc(C)c(C(=O)N2CCC=C(F)C2)c1. The Morgan fingerprint density at radius 3 is 2.77 bits per heavy atom. The molecule has 0 saturated heterocycles. The second kappa shape index (κ2) is 6.58. The van der Waals surface area contributed by atoms with Crippen LogP contribution in [0.3, 0.4) is 0 Å². The average Bonchev–Trinajstić information content (AvgIpc) is 2.46. The topological polar surface area (TPSA) is 66.5 Å². The van der Waals surface area contributed by atoms with Gasteiger partial charge < -0.3 is 4.90 Å². The molecule has 0 fully saturated rings. The number of rotatable bonds is 4. The van der Waals surface area contributed by atoms with Gasteiger partial charge in [0.2, 0.25) is 10.0 Å². The number of nitrogens with one attached hydrogen (secondary N) is 1. The molecule has 1 aliphatic heterocycles. The van der Waals surface area contributed by atoms with Crippen LogP contribution in [0.15, 0.2) is 35.0 Å². The van der Waals surface area contributed by atoms with Crippen molar-refractivity contribution >= 4 is 15.9 Å². The summed E-state index contributed by atoms with van der Waals surface area (Å²) in [5.41, 5.74) is 0.948. The molecule has 0 saturated carbocycles. The summed E-state index contributed by atoms with van der Waals surface area (Å²) in [6.07, 6.45) is 1.93. The molecule has 1 amide bonds. The largest absolute Gasteiger partial charge is 0.332 e. The van der Waals surface area contributed by atoms with E-state index in [0.29, 0.717) is 18.5 Å². The first-order valence-corrected chi connectivity index (χ1v) is 8.57. The Bertz CT molecular complexity index is 713. The van der Waals surface area contributed by atoms with E-state index in [-0.39, 0.29) is 35.3 Å². The van der Waals surface area contributed by atoms with Crippen molar-refractivity contribution in [3.63, 3.8) is 0 Å². The van der Waals surface area contributed by atoms with Gasteiger partial charge in [0.15, 0.2) is 0 Å². The van der Waals surface area contributed by atoms with E-state index in [1.165, 1.54) is 23.1 Å². The molecule has 2 rings (SSSR count). The molecule has 0 bridgehead atoms. The zero-order chi connectivity index (χ0) is 16.3. The summed E-state index contributed by atoms with van der Waals surface area (Å²) in [6.45, 7) is 4.04. The van der Waals surface area contributed by atoms with Crippen molar-refractivity contribution in [3.05, 3.63) is 41.2 Å². The minimum atomic E-state index is -3.63. The van der Waals surface area contributed by atoms with Crippen LogP contribution >= 0.6 is 0 Å². The predicted octanol–water partition coefficient (Wildman–Crippen LogP) is 1.99. The van der Waals surface area contributed by atoms with Gasteiger partial charge in [0.25, 0.3) is 5.91 Å². The highest BCUT2D eigenvalue weighted by molar-refractivity contribution is 7.89. The van der Waals surface area contributed by atoms with Gasteiger partial charge in [-0.3, -0.25) is 4.79 Å². The lowest BCUT2D eigenvalue weighted by molar-refractivity contribution is 0.0754. The van der Waals surface area contributed by atoms with Crippen LogP contribution in [0.2, 0.25) is 0 Å². The van der Waals surface area contributed by atoms with Crippen molar-refractivity contribution in [2.24, 2.45) is 0 Å². The third kappa shape index (κ3) is 3.53. The summed E-state index contributed by atoms with van der Waals surface area (Å²) >= 11 is 0. The van der Waals surface area contributed by atoms with Crippen molar-refractivity contribution in [3.8, 4) is 0 Å². The van der Waals surface area contributed by atoms with E-state index in [2.05, 4.69) is 4.72 Å². The molecule has 0 radical (unpaired) electrons. The Balaban J connectivity index is 2.35. The molecule has 1 heterocycles. The maximum absolute atomic E-state index is 13.3. The van der Waals surface area contributed by atoms with E-state index in [0.717, 1.165) is 0 Å². The van der Waals surface area contributed by atoms with Crippen molar-refractivity contribution in [2.45, 2.75) is 25.2 Å². The van der Waals surface area contributed by atoms with Gasteiger partial charge in [-0.2, -0.15) is 0 Å². The van der Waals surface area contributed by atoms with Gasteiger partial charge in [0.1, 0.15) is 5.83 Å². The van der Waals surface area contributed by atoms with Crippen LogP contribution in [0, 0.1) is 6.92 Å². The number of benzene rings is 1. The lowest BCUT2D eigenvalue weighted by Gasteiger charge is -2.25. The number of carbonyl (C=O) groups excluding carboxylic acids is 1. The molecule has 1 aromatic carbocycles. The first kappa shape index (κ1) is 16.6. The van der Waals surface area contributed by atoms with Crippen LogP contribution in [0.25, 0.3) is 0 Å². The highest BCUT2D eigenvalue weighted by Crippen LogP contribution is 2.20. The normalized spacial score (nSPS) is 15.6. The average molecular weight is 326 g/mol. The van der Waals surface area contributed by atoms with Crippen LogP contribution < -0.4 is 4.72 Å². The summed E-state index contributed by atoms with van der Waals surface area (Å²) in [5, 5.41) is 0. The summed E-state index contributed by atoms with van der Waals surface area (Å²) in [6, 6.07) is 4.40. The van der Waals surface area contributed by atoms with Crippen LogP contribution in [-0.4, -0.2) is 38.9 Å². The van der Waals surface area contributed by atoms with Gasteiger partial charge in [-0.25, -0.2) is 17.5 Å². The quantitative estimate of drug-likeness (QED) is 0.920. The second-order valence-electron chi connectivity index (χ2n) is 5.14. The highest BCUT2D eigenvalue weighted by atomic mass is 32.2. The van der Waals surface area contributed by atoms with Crippen molar-refractivity contribution in [1.29, 1.82) is 0 Å². The van der Waals surface area contributed by atoms with Gasteiger partial charge in [0, 0.05) is 18.7 Å². The number of aryl methyl sites for hydroxylation is 1. The first-order chi connectivity index (χ1) is 10.3. The molecule has 0 aromatic heterocycles. The molecular formula is C15H19FN2O3S. The van der Waals surface area contributed by atoms with Crippen molar-refractivity contribution < 1.29 is 17.6 Å². The Hall–Kier alpha value is -1.73. The smallest absolute Gasteiger partial charge is 0.254 e. The number of sulfonamides is 1. The molecule has 1 aliphatic rings. The fourth-order valence-electron chi connectivity index (χ4n) is 2.32. The van der Waals surface area contributed by atoms with Crippen LogP contribution in [0.4, 0.5) is 4.39 Å². The van der Waals surface area contributed by atoms with Crippen LogP contribution in [-0.2, 0) is 10.0 Å². The fourth-order valence-corrected chi connectivity index (χ4v) is 3.39. The third-order valence-corrected chi connectivity index (χ3v) is 5.02. The molecule has 1 aromatic rings. The Labute approximate surface area is 129 Å². The monoisotopic (exact) mass is 326 g/mol. The van der Waals surface area contributed by atoms with E-state index in [9.17, 15) is 17.6 Å². The summed E-state index contributed by atoms with van der Waals surface area (Å²) in [5.74, 6) is -0.692. The minimum Gasteiger partial charge on any atom is -0.332 e. The molecule has 0 atom stereocenters. The third-order valence-electron chi connectivity index (χ3n) is 3.48. The molecular weight excluding hydrogens is 307 g/mol. The Morgan fingerprint density at radius 1 is 1.41 bits per heavy atom. The standard InChI is InChI=1S/C15H19FN2O3S/c1-3-17-22(20,21)13-7-6-11(2)14(9-13)15(19)18-8-4-5-12(16)10-18/h5-7,9,17H,3-4,8,10H2,1-2H3. The molecule has 1 N–H and O–H groups in total.